The summed E-state index contributed by atoms with van der Waals surface area (Å²) in [5, 5.41) is 20.9. The summed E-state index contributed by atoms with van der Waals surface area (Å²) in [6, 6.07) is 0. The summed E-state index contributed by atoms with van der Waals surface area (Å²) in [5.74, 6) is 2.07. The van der Waals surface area contributed by atoms with E-state index in [1.165, 1.54) is 10.9 Å². The van der Waals surface area contributed by atoms with Crippen molar-refractivity contribution in [3.63, 3.8) is 0 Å². The molecule has 15 nitrogen and oxygen atoms in total. The molecule has 5 N–H and O–H groups in total. The zero-order valence-electron chi connectivity index (χ0n) is 17.6. The summed E-state index contributed by atoms with van der Waals surface area (Å²) in [6.45, 7) is -0.596. The van der Waals surface area contributed by atoms with E-state index in [-0.39, 0.29) is 29.7 Å². The summed E-state index contributed by atoms with van der Waals surface area (Å²) in [5.41, 5.74) is 4.91. The Bertz CT molecular complexity index is 1190. The van der Waals surface area contributed by atoms with Crippen molar-refractivity contribution in [2.75, 3.05) is 32.7 Å². The van der Waals surface area contributed by atoms with Gasteiger partial charge in [0.05, 0.1) is 19.1 Å². The number of imidazole rings is 1. The minimum absolute atomic E-state index is 0.00881. The Morgan fingerprint density at radius 2 is 2.06 bits per heavy atom. The smallest absolute Gasteiger partial charge is 0.387 e. The van der Waals surface area contributed by atoms with E-state index in [1.807, 2.05) is 0 Å². The number of nitrogens with two attached hydrogens (primary N) is 1. The molecule has 0 radical (unpaired) electrons. The molecule has 0 aromatic carbocycles. The van der Waals surface area contributed by atoms with E-state index in [1.54, 1.807) is 0 Å². The number of terminal acetylenes is 1. The van der Waals surface area contributed by atoms with E-state index in [9.17, 15) is 24.1 Å². The highest BCUT2D eigenvalue weighted by Gasteiger charge is 2.46. The van der Waals surface area contributed by atoms with E-state index >= 15 is 0 Å². The highest BCUT2D eigenvalue weighted by atomic mass is 31.3. The lowest BCUT2D eigenvalue weighted by Crippen LogP contribution is -2.33. The van der Waals surface area contributed by atoms with E-state index in [2.05, 4.69) is 20.9 Å². The van der Waals surface area contributed by atoms with Gasteiger partial charge in [0.2, 0.25) is 5.95 Å². The predicted molar refractivity (Wildman–Crippen MR) is 113 cm³/mol. The van der Waals surface area contributed by atoms with Gasteiger partial charge in [-0.25, -0.2) is 13.9 Å². The zero-order chi connectivity index (χ0) is 24.4. The first kappa shape index (κ1) is 25.5. The Morgan fingerprint density at radius 3 is 2.70 bits per heavy atom. The number of nitrogens with one attached hydrogen (secondary N) is 1. The summed E-state index contributed by atoms with van der Waals surface area (Å²) in [4.78, 5) is 22.1. The van der Waals surface area contributed by atoms with Crippen LogP contribution in [0.25, 0.3) is 11.2 Å². The van der Waals surface area contributed by atoms with Crippen LogP contribution < -0.4 is 11.3 Å². The molecule has 0 amide bonds. The van der Waals surface area contributed by atoms with Gasteiger partial charge in [-0.3, -0.25) is 28.0 Å². The second kappa shape index (κ2) is 10.0. The fourth-order valence-corrected chi connectivity index (χ4v) is 6.31. The van der Waals surface area contributed by atoms with Crippen LogP contribution in [0.1, 0.15) is 12.6 Å². The van der Waals surface area contributed by atoms with E-state index in [0.717, 1.165) is 14.2 Å². The van der Waals surface area contributed by atoms with Crippen molar-refractivity contribution in [3.8, 4) is 12.3 Å². The number of hydrogen-bond acceptors (Lipinski definition) is 13. The van der Waals surface area contributed by atoms with Gasteiger partial charge in [-0.2, -0.15) is 4.98 Å². The van der Waals surface area contributed by atoms with Crippen LogP contribution in [0, 0.1) is 12.3 Å². The molecule has 0 aliphatic carbocycles. The summed E-state index contributed by atoms with van der Waals surface area (Å²) in [6.07, 6.45) is 0.603. The maximum absolute atomic E-state index is 12.8. The third kappa shape index (κ3) is 5.36. The van der Waals surface area contributed by atoms with Crippen molar-refractivity contribution in [2.24, 2.45) is 0 Å². The third-order valence-electron chi connectivity index (χ3n) is 4.72. The number of nitrogens with zero attached hydrogens (tertiary/aromatic N) is 3. The number of fused-ring (bicyclic) bond motifs is 1. The van der Waals surface area contributed by atoms with Gasteiger partial charge in [0, 0.05) is 20.6 Å². The molecule has 0 saturated carbocycles. The number of H-pyrrole nitrogens is 1. The van der Waals surface area contributed by atoms with Crippen LogP contribution in [0.2, 0.25) is 0 Å². The maximum Gasteiger partial charge on any atom is 0.481 e. The number of aromatic amines is 1. The molecule has 3 rings (SSSR count). The van der Waals surface area contributed by atoms with Crippen molar-refractivity contribution in [1.82, 2.24) is 19.5 Å². The van der Waals surface area contributed by atoms with E-state index in [0.29, 0.717) is 0 Å². The number of hydrogen-bond donors (Lipinski definition) is 4. The molecule has 3 heterocycles. The van der Waals surface area contributed by atoms with Crippen molar-refractivity contribution in [1.29, 1.82) is 0 Å². The molecule has 182 valence electrons. The Morgan fingerprint density at radius 1 is 1.33 bits per heavy atom. The summed E-state index contributed by atoms with van der Waals surface area (Å²) < 4.78 is 51.9. The number of aromatic nitrogens is 4. The first-order valence-corrected chi connectivity index (χ1v) is 12.6. The standard InChI is InChI=1S/C16H23N5O10P2/c1-4-5-6-32(25,27-2)31-33(26,28-3)29-7-9-11(22)12(23)15(30-9)21-8-18-10-13(21)19-16(17)20-14(10)24/h1,8-9,11-12,15,22-23H,5-7H2,2-3H3,(H3,17,19,20,24)/t9-,11?,12?,15-,32?,33?/m1/s1. The molecule has 1 aliphatic heterocycles. The van der Waals surface area contributed by atoms with E-state index < -0.39 is 52.1 Å². The van der Waals surface area contributed by atoms with Crippen LogP contribution in [-0.4, -0.2) is 75.0 Å². The topological polar surface area (TPSA) is 210 Å². The predicted octanol–water partition coefficient (Wildman–Crippen LogP) is -0.0285. The number of aliphatic hydroxyl groups is 2. The molecule has 1 aliphatic rings. The number of phosphoric acid groups is 1. The van der Waals surface area contributed by atoms with Gasteiger partial charge >= 0.3 is 15.4 Å². The molecule has 4 unspecified atom stereocenters. The van der Waals surface area contributed by atoms with Gasteiger partial charge in [-0.15, -0.1) is 12.3 Å². The first-order chi connectivity index (χ1) is 15.6. The highest BCUT2D eigenvalue weighted by Crippen LogP contribution is 2.65. The summed E-state index contributed by atoms with van der Waals surface area (Å²) >= 11 is 0. The van der Waals surface area contributed by atoms with Crippen LogP contribution in [0.4, 0.5) is 5.95 Å². The Hall–Kier alpha value is -2.11. The number of aliphatic hydroxyl groups excluding tert-OH is 2. The fourth-order valence-electron chi connectivity index (χ4n) is 3.02. The lowest BCUT2D eigenvalue weighted by atomic mass is 10.1. The monoisotopic (exact) mass is 507 g/mol. The molecule has 17 heteroatoms. The number of rotatable bonds is 10. The van der Waals surface area contributed by atoms with Crippen molar-refractivity contribution >= 4 is 32.5 Å². The first-order valence-electron chi connectivity index (χ1n) is 9.40. The van der Waals surface area contributed by atoms with Crippen LogP contribution in [-0.2, 0) is 31.7 Å². The van der Waals surface area contributed by atoms with Crippen molar-refractivity contribution in [2.45, 2.75) is 31.0 Å². The van der Waals surface area contributed by atoms with Crippen LogP contribution in [0.5, 0.6) is 0 Å². The molecule has 0 spiro atoms. The lowest BCUT2D eigenvalue weighted by molar-refractivity contribution is -0.0506. The molecule has 33 heavy (non-hydrogen) atoms. The molecule has 0 bridgehead atoms. The normalized spacial score (nSPS) is 26.6. The molecular formula is C16H23N5O10P2. The van der Waals surface area contributed by atoms with Crippen LogP contribution in [0.3, 0.4) is 0 Å². The van der Waals surface area contributed by atoms with Gasteiger partial charge in [0.1, 0.15) is 18.3 Å². The van der Waals surface area contributed by atoms with Gasteiger partial charge in [-0.05, 0) is 0 Å². The largest absolute Gasteiger partial charge is 0.481 e. The average molecular weight is 507 g/mol. The molecule has 1 fully saturated rings. The second-order valence-electron chi connectivity index (χ2n) is 6.80. The average Bonchev–Trinajstić information content (AvgIpc) is 3.32. The number of phosphoric ester groups is 1. The fraction of sp³-hybridized carbons (Fsp3) is 0.562. The minimum atomic E-state index is -4.43. The summed E-state index contributed by atoms with van der Waals surface area (Å²) in [7, 11) is -6.25. The SMILES string of the molecule is C#CCCP(=O)(OC)OP(=O)(OC)OC[C@H]1O[C@@H](n2cnc3c(=O)[nH]c(N)nc32)C(O)C1O. The Labute approximate surface area is 187 Å². The quantitative estimate of drug-likeness (QED) is 0.246. The Balaban J connectivity index is 1.75. The number of ether oxygens (including phenoxy) is 1. The maximum atomic E-state index is 12.8. The molecule has 1 saturated heterocycles. The van der Waals surface area contributed by atoms with Gasteiger partial charge in [0.25, 0.3) is 5.56 Å². The molecule has 6 atom stereocenters. The molecule has 2 aromatic rings. The van der Waals surface area contributed by atoms with Crippen molar-refractivity contribution < 1.29 is 42.0 Å². The molecular weight excluding hydrogens is 484 g/mol. The van der Waals surface area contributed by atoms with Crippen molar-refractivity contribution in [3.05, 3.63) is 16.7 Å². The zero-order valence-corrected chi connectivity index (χ0v) is 19.3. The van der Waals surface area contributed by atoms with Gasteiger partial charge < -0.3 is 25.2 Å². The van der Waals surface area contributed by atoms with E-state index in [4.69, 9.17) is 34.8 Å². The lowest BCUT2D eigenvalue weighted by Gasteiger charge is -2.23. The third-order valence-corrected chi connectivity index (χ3v) is 8.75. The number of nitrogen functional groups attached to an aromatic ring is 1. The van der Waals surface area contributed by atoms with Crippen LogP contribution in [0.15, 0.2) is 11.1 Å². The Kier molecular flexibility index (Phi) is 7.75. The van der Waals surface area contributed by atoms with Gasteiger partial charge in [0.15, 0.2) is 17.4 Å². The highest BCUT2D eigenvalue weighted by molar-refractivity contribution is 7.65. The minimum Gasteiger partial charge on any atom is -0.387 e. The van der Waals surface area contributed by atoms with Gasteiger partial charge in [-0.1, -0.05) is 0 Å². The second-order valence-corrected chi connectivity index (χ2v) is 11.0. The van der Waals surface area contributed by atoms with Crippen LogP contribution >= 0.6 is 15.4 Å². The molecule has 2 aromatic heterocycles. The number of anilines is 1.